The van der Waals surface area contributed by atoms with Gasteiger partial charge in [-0.3, -0.25) is 0 Å². The summed E-state index contributed by atoms with van der Waals surface area (Å²) in [5.41, 5.74) is 3.40. The number of rotatable bonds is 2. The lowest BCUT2D eigenvalue weighted by Crippen LogP contribution is -2.10. The van der Waals surface area contributed by atoms with E-state index in [9.17, 15) is 0 Å². The second kappa shape index (κ2) is 4.57. The van der Waals surface area contributed by atoms with Gasteiger partial charge in [0, 0.05) is 0 Å². The van der Waals surface area contributed by atoms with Crippen molar-refractivity contribution in [2.45, 2.75) is 47.0 Å². The van der Waals surface area contributed by atoms with E-state index in [2.05, 4.69) is 34.3 Å². The van der Waals surface area contributed by atoms with Crippen LogP contribution in [-0.2, 0) is 0 Å². The zero-order chi connectivity index (χ0) is 10.8. The minimum absolute atomic E-state index is 0.414. The van der Waals surface area contributed by atoms with Crippen LogP contribution in [0.15, 0.2) is 22.6 Å². The van der Waals surface area contributed by atoms with Crippen LogP contribution in [-0.4, -0.2) is 5.75 Å². The highest BCUT2D eigenvalue weighted by Gasteiger charge is 2.24. The first-order valence-corrected chi connectivity index (χ1v) is 6.41. The first kappa shape index (κ1) is 11.9. The molecule has 0 aromatic heterocycles. The summed E-state index contributed by atoms with van der Waals surface area (Å²) in [4.78, 5) is 1.57. The van der Waals surface area contributed by atoms with Gasteiger partial charge >= 0.3 is 0 Å². The second-order valence-electron chi connectivity index (χ2n) is 5.08. The van der Waals surface area contributed by atoms with Gasteiger partial charge in [-0.1, -0.05) is 38.5 Å². The number of thioether (sulfide) groups is 1. The fraction of sp³-hybridized carbons (Fsp3) is 0.692. The van der Waals surface area contributed by atoms with Crippen molar-refractivity contribution in [1.82, 2.24) is 0 Å². The van der Waals surface area contributed by atoms with Gasteiger partial charge in [-0.05, 0) is 42.3 Å². The van der Waals surface area contributed by atoms with E-state index >= 15 is 0 Å². The Kier molecular flexibility index (Phi) is 3.88. The standard InChI is InChI=1S/C13H22S/c1-6-14-12-7-10(2)8-13(4,5)9-11(12)3/h2,6-9H2,1,3-5H3. The highest BCUT2D eigenvalue weighted by Crippen LogP contribution is 2.41. The van der Waals surface area contributed by atoms with Gasteiger partial charge in [0.2, 0.25) is 0 Å². The van der Waals surface area contributed by atoms with Gasteiger partial charge in [0.1, 0.15) is 0 Å². The van der Waals surface area contributed by atoms with Crippen molar-refractivity contribution in [2.24, 2.45) is 5.41 Å². The monoisotopic (exact) mass is 210 g/mol. The number of hydrogen-bond acceptors (Lipinski definition) is 1. The Labute approximate surface area is 92.9 Å². The lowest BCUT2D eigenvalue weighted by molar-refractivity contribution is 0.362. The van der Waals surface area contributed by atoms with E-state index in [4.69, 9.17) is 0 Å². The largest absolute Gasteiger partial charge is 0.131 e. The third-order valence-corrected chi connectivity index (χ3v) is 3.81. The molecule has 0 heterocycles. The predicted molar refractivity (Wildman–Crippen MR) is 67.6 cm³/mol. The smallest absolute Gasteiger partial charge is 0.00100 e. The molecule has 80 valence electrons. The molecule has 0 spiro atoms. The van der Waals surface area contributed by atoms with Crippen molar-refractivity contribution in [2.75, 3.05) is 5.75 Å². The van der Waals surface area contributed by atoms with Gasteiger partial charge < -0.3 is 0 Å². The van der Waals surface area contributed by atoms with Gasteiger partial charge in [0.05, 0.1) is 0 Å². The highest BCUT2D eigenvalue weighted by atomic mass is 32.2. The molecule has 0 N–H and O–H groups in total. The molecule has 1 aliphatic rings. The summed E-state index contributed by atoms with van der Waals surface area (Å²) in [6, 6.07) is 0. The topological polar surface area (TPSA) is 0 Å². The minimum atomic E-state index is 0.414. The van der Waals surface area contributed by atoms with E-state index in [-0.39, 0.29) is 0 Å². The average molecular weight is 210 g/mol. The van der Waals surface area contributed by atoms with Crippen molar-refractivity contribution in [3.63, 3.8) is 0 Å². The summed E-state index contributed by atoms with van der Waals surface area (Å²) in [6.45, 7) is 13.4. The molecule has 0 fully saturated rings. The number of hydrogen-bond donors (Lipinski definition) is 0. The Morgan fingerprint density at radius 1 is 1.36 bits per heavy atom. The van der Waals surface area contributed by atoms with Gasteiger partial charge in [-0.25, -0.2) is 0 Å². The molecule has 1 aliphatic carbocycles. The summed E-state index contributed by atoms with van der Waals surface area (Å²) in [6.07, 6.45) is 3.53. The SMILES string of the molecule is C=C1CC(SCC)=C(C)CC(C)(C)C1. The molecular formula is C13H22S. The summed E-state index contributed by atoms with van der Waals surface area (Å²) < 4.78 is 0. The Balaban J connectivity index is 2.87. The number of allylic oxidation sites excluding steroid dienone is 3. The molecule has 0 radical (unpaired) electrons. The Morgan fingerprint density at radius 2 is 2.00 bits per heavy atom. The van der Waals surface area contributed by atoms with Crippen molar-refractivity contribution >= 4 is 11.8 Å². The Bertz CT molecular complexity index is 258. The maximum Gasteiger partial charge on any atom is -0.00100 e. The molecule has 1 rings (SSSR count). The van der Waals surface area contributed by atoms with Crippen LogP contribution in [0, 0.1) is 5.41 Å². The quantitative estimate of drug-likeness (QED) is 0.591. The summed E-state index contributed by atoms with van der Waals surface area (Å²) in [7, 11) is 0. The molecule has 0 atom stereocenters. The van der Waals surface area contributed by atoms with Gasteiger partial charge in [0.15, 0.2) is 0 Å². The first-order valence-electron chi connectivity index (χ1n) is 5.42. The van der Waals surface area contributed by atoms with Crippen molar-refractivity contribution in [3.8, 4) is 0 Å². The molecule has 0 bridgehead atoms. The van der Waals surface area contributed by atoms with E-state index < -0.39 is 0 Å². The van der Waals surface area contributed by atoms with Crippen LogP contribution in [0.4, 0.5) is 0 Å². The van der Waals surface area contributed by atoms with Gasteiger partial charge in [0.25, 0.3) is 0 Å². The highest BCUT2D eigenvalue weighted by molar-refractivity contribution is 8.03. The maximum atomic E-state index is 4.19. The Hall–Kier alpha value is -0.170. The van der Waals surface area contributed by atoms with Gasteiger partial charge in [-0.2, -0.15) is 0 Å². The lowest BCUT2D eigenvalue weighted by Gasteiger charge is -2.23. The predicted octanol–water partition coefficient (Wildman–Crippen LogP) is 4.78. The van der Waals surface area contributed by atoms with Crippen LogP contribution in [0.1, 0.15) is 47.0 Å². The normalized spacial score (nSPS) is 22.4. The van der Waals surface area contributed by atoms with Crippen molar-refractivity contribution < 1.29 is 0 Å². The van der Waals surface area contributed by atoms with Crippen LogP contribution >= 0.6 is 11.8 Å². The van der Waals surface area contributed by atoms with E-state index in [1.807, 2.05) is 11.8 Å². The molecular weight excluding hydrogens is 188 g/mol. The zero-order valence-corrected chi connectivity index (χ0v) is 10.8. The fourth-order valence-electron chi connectivity index (χ4n) is 2.34. The fourth-order valence-corrected chi connectivity index (χ4v) is 3.32. The van der Waals surface area contributed by atoms with Crippen molar-refractivity contribution in [3.05, 3.63) is 22.6 Å². The summed E-state index contributed by atoms with van der Waals surface area (Å²) in [5.74, 6) is 1.18. The summed E-state index contributed by atoms with van der Waals surface area (Å²) in [5, 5.41) is 0. The first-order chi connectivity index (χ1) is 6.44. The van der Waals surface area contributed by atoms with E-state index in [1.54, 1.807) is 10.5 Å². The lowest BCUT2D eigenvalue weighted by atomic mass is 9.82. The molecule has 0 saturated carbocycles. The van der Waals surface area contributed by atoms with Crippen LogP contribution < -0.4 is 0 Å². The average Bonchev–Trinajstić information content (AvgIpc) is 2.08. The molecule has 0 unspecified atom stereocenters. The van der Waals surface area contributed by atoms with E-state index in [0.29, 0.717) is 5.41 Å². The van der Waals surface area contributed by atoms with Crippen LogP contribution in [0.2, 0.25) is 0 Å². The van der Waals surface area contributed by atoms with Crippen molar-refractivity contribution in [1.29, 1.82) is 0 Å². The molecule has 0 aromatic rings. The van der Waals surface area contributed by atoms with E-state index in [1.165, 1.54) is 24.2 Å². The van der Waals surface area contributed by atoms with Crippen LogP contribution in [0.5, 0.6) is 0 Å². The van der Waals surface area contributed by atoms with E-state index in [0.717, 1.165) is 6.42 Å². The Morgan fingerprint density at radius 3 is 2.57 bits per heavy atom. The molecule has 0 nitrogen and oxygen atoms in total. The van der Waals surface area contributed by atoms with Crippen LogP contribution in [0.25, 0.3) is 0 Å². The molecule has 14 heavy (non-hydrogen) atoms. The molecule has 0 aliphatic heterocycles. The van der Waals surface area contributed by atoms with Gasteiger partial charge in [-0.15, -0.1) is 11.8 Å². The molecule has 0 amide bonds. The third-order valence-electron chi connectivity index (χ3n) is 2.68. The maximum absolute atomic E-state index is 4.19. The molecule has 1 heteroatoms. The summed E-state index contributed by atoms with van der Waals surface area (Å²) >= 11 is 2.00. The molecule has 0 aromatic carbocycles. The third kappa shape index (κ3) is 3.20. The minimum Gasteiger partial charge on any atom is -0.131 e. The molecule has 0 saturated heterocycles. The zero-order valence-electron chi connectivity index (χ0n) is 9.94. The van der Waals surface area contributed by atoms with Crippen LogP contribution in [0.3, 0.4) is 0 Å². The second-order valence-corrected chi connectivity index (χ2v) is 6.44.